The number of carbonyl (C=O) groups is 1. The molecule has 3 N–H and O–H groups in total. The largest absolute Gasteiger partial charge is 0.508 e. The summed E-state index contributed by atoms with van der Waals surface area (Å²) in [7, 11) is 0. The fourth-order valence-corrected chi connectivity index (χ4v) is 2.35. The van der Waals surface area contributed by atoms with Gasteiger partial charge in [0.05, 0.1) is 11.2 Å². The standard InChI is InChI=1S/C18H17N3O2/c22-15-8-6-13(7-9-15)10-12-20-18(23)21-16-5-1-3-14-4-2-11-19-17(14)16/h1-9,11,22H,10,12H2,(H2,20,21,23). The normalized spacial score (nSPS) is 10.4. The fraction of sp³-hybridized carbons (Fsp3) is 0.111. The van der Waals surface area contributed by atoms with E-state index in [9.17, 15) is 9.90 Å². The van der Waals surface area contributed by atoms with Gasteiger partial charge in [-0.05, 0) is 36.2 Å². The molecular weight excluding hydrogens is 290 g/mol. The molecule has 1 aromatic heterocycles. The molecule has 0 aliphatic rings. The minimum absolute atomic E-state index is 0.239. The fourth-order valence-electron chi connectivity index (χ4n) is 2.35. The number of hydrogen-bond acceptors (Lipinski definition) is 3. The van der Waals surface area contributed by atoms with Crippen LogP contribution in [0.4, 0.5) is 10.5 Å². The van der Waals surface area contributed by atoms with Crippen LogP contribution in [0.1, 0.15) is 5.56 Å². The summed E-state index contributed by atoms with van der Waals surface area (Å²) in [5.74, 6) is 0.239. The Balaban J connectivity index is 1.57. The van der Waals surface area contributed by atoms with Crippen LogP contribution < -0.4 is 10.6 Å². The van der Waals surface area contributed by atoms with Gasteiger partial charge in [0.15, 0.2) is 0 Å². The molecule has 0 saturated heterocycles. The Morgan fingerprint density at radius 3 is 2.65 bits per heavy atom. The lowest BCUT2D eigenvalue weighted by molar-refractivity contribution is 0.252. The van der Waals surface area contributed by atoms with E-state index in [4.69, 9.17) is 0 Å². The highest BCUT2D eigenvalue weighted by Crippen LogP contribution is 2.20. The Labute approximate surface area is 134 Å². The lowest BCUT2D eigenvalue weighted by Gasteiger charge is -2.09. The van der Waals surface area contributed by atoms with E-state index in [1.54, 1.807) is 18.3 Å². The lowest BCUT2D eigenvalue weighted by Crippen LogP contribution is -2.30. The number of fused-ring (bicyclic) bond motifs is 1. The predicted octanol–water partition coefficient (Wildman–Crippen LogP) is 3.30. The number of nitrogens with one attached hydrogen (secondary N) is 2. The van der Waals surface area contributed by atoms with E-state index < -0.39 is 0 Å². The summed E-state index contributed by atoms with van der Waals surface area (Å²) in [6, 6.07) is 16.2. The van der Waals surface area contributed by atoms with E-state index in [0.717, 1.165) is 16.5 Å². The lowest BCUT2D eigenvalue weighted by atomic mass is 10.1. The van der Waals surface area contributed by atoms with Crippen molar-refractivity contribution in [1.82, 2.24) is 10.3 Å². The minimum Gasteiger partial charge on any atom is -0.508 e. The molecule has 0 unspecified atom stereocenters. The molecule has 0 aliphatic heterocycles. The zero-order chi connectivity index (χ0) is 16.1. The Hall–Kier alpha value is -3.08. The number of phenolic OH excluding ortho intramolecular Hbond substituents is 1. The number of urea groups is 1. The third kappa shape index (κ3) is 3.77. The molecule has 0 spiro atoms. The third-order valence-corrected chi connectivity index (χ3v) is 3.52. The number of aromatic nitrogens is 1. The van der Waals surface area contributed by atoms with E-state index in [0.29, 0.717) is 18.7 Å². The van der Waals surface area contributed by atoms with Crippen molar-refractivity contribution in [2.75, 3.05) is 11.9 Å². The average molecular weight is 307 g/mol. The number of carbonyl (C=O) groups excluding carboxylic acids is 1. The SMILES string of the molecule is O=C(NCCc1ccc(O)cc1)Nc1cccc2cccnc12. The second-order valence-electron chi connectivity index (χ2n) is 5.18. The van der Waals surface area contributed by atoms with E-state index in [2.05, 4.69) is 15.6 Å². The zero-order valence-electron chi connectivity index (χ0n) is 12.5. The molecule has 0 aliphatic carbocycles. The van der Waals surface area contributed by atoms with E-state index in [-0.39, 0.29) is 11.8 Å². The number of para-hydroxylation sites is 1. The Morgan fingerprint density at radius 2 is 1.83 bits per heavy atom. The molecule has 116 valence electrons. The molecule has 1 heterocycles. The maximum atomic E-state index is 12.0. The molecule has 2 amide bonds. The van der Waals surface area contributed by atoms with Gasteiger partial charge in [-0.3, -0.25) is 4.98 Å². The molecule has 0 bridgehead atoms. The monoisotopic (exact) mass is 307 g/mol. The summed E-state index contributed by atoms with van der Waals surface area (Å²) in [5, 5.41) is 15.9. The van der Waals surface area contributed by atoms with Crippen molar-refractivity contribution in [2.24, 2.45) is 0 Å². The van der Waals surface area contributed by atoms with Gasteiger partial charge in [-0.25, -0.2) is 4.79 Å². The van der Waals surface area contributed by atoms with Crippen LogP contribution in [-0.2, 0) is 6.42 Å². The Bertz CT molecular complexity index is 811. The van der Waals surface area contributed by atoms with Crippen molar-refractivity contribution in [3.8, 4) is 5.75 Å². The number of benzene rings is 2. The van der Waals surface area contributed by atoms with Crippen LogP contribution in [0.3, 0.4) is 0 Å². The summed E-state index contributed by atoms with van der Waals surface area (Å²) >= 11 is 0. The van der Waals surface area contributed by atoms with Crippen molar-refractivity contribution in [1.29, 1.82) is 0 Å². The minimum atomic E-state index is -0.262. The van der Waals surface area contributed by atoms with Crippen LogP contribution in [0.2, 0.25) is 0 Å². The molecule has 3 aromatic rings. The van der Waals surface area contributed by atoms with Crippen molar-refractivity contribution < 1.29 is 9.90 Å². The number of rotatable bonds is 4. The molecule has 3 rings (SSSR count). The predicted molar refractivity (Wildman–Crippen MR) is 90.6 cm³/mol. The number of aromatic hydroxyl groups is 1. The number of anilines is 1. The second kappa shape index (κ2) is 6.79. The van der Waals surface area contributed by atoms with Gasteiger partial charge in [-0.2, -0.15) is 0 Å². The second-order valence-corrected chi connectivity index (χ2v) is 5.18. The number of hydrogen-bond donors (Lipinski definition) is 3. The average Bonchev–Trinajstić information content (AvgIpc) is 2.57. The molecule has 5 nitrogen and oxygen atoms in total. The number of amides is 2. The number of nitrogens with zero attached hydrogens (tertiary/aromatic N) is 1. The molecule has 0 radical (unpaired) electrons. The molecule has 0 atom stereocenters. The van der Waals surface area contributed by atoms with Gasteiger partial charge in [0, 0.05) is 18.1 Å². The van der Waals surface area contributed by atoms with Crippen LogP contribution in [0.5, 0.6) is 5.75 Å². The quantitative estimate of drug-likeness (QED) is 0.692. The van der Waals surface area contributed by atoms with Gasteiger partial charge < -0.3 is 15.7 Å². The highest BCUT2D eigenvalue weighted by molar-refractivity contribution is 5.99. The smallest absolute Gasteiger partial charge is 0.319 e. The van der Waals surface area contributed by atoms with Crippen LogP contribution in [-0.4, -0.2) is 22.7 Å². The summed E-state index contributed by atoms with van der Waals surface area (Å²) < 4.78 is 0. The first-order valence-electron chi connectivity index (χ1n) is 7.39. The van der Waals surface area contributed by atoms with E-state index in [1.807, 2.05) is 42.5 Å². The summed E-state index contributed by atoms with van der Waals surface area (Å²) in [6.45, 7) is 0.509. The first-order valence-corrected chi connectivity index (χ1v) is 7.39. The third-order valence-electron chi connectivity index (χ3n) is 3.52. The van der Waals surface area contributed by atoms with Gasteiger partial charge in [0.1, 0.15) is 5.75 Å². The van der Waals surface area contributed by atoms with Crippen molar-refractivity contribution in [3.05, 3.63) is 66.4 Å². The maximum Gasteiger partial charge on any atom is 0.319 e. The maximum absolute atomic E-state index is 12.0. The van der Waals surface area contributed by atoms with Gasteiger partial charge in [0.25, 0.3) is 0 Å². The zero-order valence-corrected chi connectivity index (χ0v) is 12.5. The number of phenols is 1. The van der Waals surface area contributed by atoms with Crippen LogP contribution >= 0.6 is 0 Å². The topological polar surface area (TPSA) is 74.2 Å². The van der Waals surface area contributed by atoms with Crippen LogP contribution in [0.15, 0.2) is 60.8 Å². The van der Waals surface area contributed by atoms with E-state index in [1.165, 1.54) is 0 Å². The van der Waals surface area contributed by atoms with Crippen LogP contribution in [0, 0.1) is 0 Å². The van der Waals surface area contributed by atoms with Gasteiger partial charge >= 0.3 is 6.03 Å². The van der Waals surface area contributed by atoms with Crippen molar-refractivity contribution in [2.45, 2.75) is 6.42 Å². The molecule has 0 fully saturated rings. The highest BCUT2D eigenvalue weighted by atomic mass is 16.3. The van der Waals surface area contributed by atoms with E-state index >= 15 is 0 Å². The van der Waals surface area contributed by atoms with Gasteiger partial charge in [-0.1, -0.05) is 30.3 Å². The first-order chi connectivity index (χ1) is 11.2. The van der Waals surface area contributed by atoms with Gasteiger partial charge in [0.2, 0.25) is 0 Å². The molecular formula is C18H17N3O2. The van der Waals surface area contributed by atoms with Crippen molar-refractivity contribution in [3.63, 3.8) is 0 Å². The molecule has 2 aromatic carbocycles. The molecule has 5 heteroatoms. The molecule has 0 saturated carbocycles. The first kappa shape index (κ1) is 14.8. The summed E-state index contributed by atoms with van der Waals surface area (Å²) in [4.78, 5) is 16.3. The highest BCUT2D eigenvalue weighted by Gasteiger charge is 2.05. The van der Waals surface area contributed by atoms with Crippen LogP contribution in [0.25, 0.3) is 10.9 Å². The van der Waals surface area contributed by atoms with Crippen molar-refractivity contribution >= 4 is 22.6 Å². The number of pyridine rings is 1. The Kier molecular flexibility index (Phi) is 4.38. The Morgan fingerprint density at radius 1 is 1.04 bits per heavy atom. The summed E-state index contributed by atoms with van der Waals surface area (Å²) in [5.41, 5.74) is 2.50. The van der Waals surface area contributed by atoms with Gasteiger partial charge in [-0.15, -0.1) is 0 Å². The summed E-state index contributed by atoms with van der Waals surface area (Å²) in [6.07, 6.45) is 2.40. The molecule has 23 heavy (non-hydrogen) atoms.